The maximum absolute atomic E-state index is 5.63. The van der Waals surface area contributed by atoms with Gasteiger partial charge >= 0.3 is 0 Å². The Hall–Kier alpha value is -1.70. The van der Waals surface area contributed by atoms with Crippen molar-refractivity contribution in [1.29, 1.82) is 0 Å². The van der Waals surface area contributed by atoms with Gasteiger partial charge in [-0.25, -0.2) is 9.97 Å². The van der Waals surface area contributed by atoms with Gasteiger partial charge in [0.2, 0.25) is 0 Å². The molecule has 2 aromatic rings. The van der Waals surface area contributed by atoms with Gasteiger partial charge in [-0.1, -0.05) is 6.92 Å². The molecule has 0 saturated carbocycles. The van der Waals surface area contributed by atoms with E-state index >= 15 is 0 Å². The van der Waals surface area contributed by atoms with Gasteiger partial charge in [0.15, 0.2) is 0 Å². The van der Waals surface area contributed by atoms with Crippen LogP contribution < -0.4 is 11.5 Å². The first-order chi connectivity index (χ1) is 10.3. The predicted molar refractivity (Wildman–Crippen MR) is 82.4 cm³/mol. The van der Waals surface area contributed by atoms with Crippen LogP contribution in [-0.2, 0) is 26.2 Å². The second kappa shape index (κ2) is 7.92. The molecule has 0 saturated heterocycles. The molecule has 2 aromatic heterocycles. The summed E-state index contributed by atoms with van der Waals surface area (Å²) < 4.78 is 4.21. The topological polar surface area (TPSA) is 90.9 Å². The van der Waals surface area contributed by atoms with Crippen LogP contribution in [0.4, 0.5) is 0 Å². The Morgan fingerprint density at radius 2 is 1.43 bits per heavy atom. The largest absolute Gasteiger partial charge is 0.333 e. The lowest BCUT2D eigenvalue weighted by Crippen LogP contribution is -2.27. The molecule has 0 aliphatic rings. The Bertz CT molecular complexity index is 485. The predicted octanol–water partition coefficient (Wildman–Crippen LogP) is 0.0191. The Kier molecular flexibility index (Phi) is 5.91. The van der Waals surface area contributed by atoms with E-state index in [-0.39, 0.29) is 0 Å². The molecule has 0 aliphatic heterocycles. The number of nitrogens with two attached hydrogens (primary N) is 2. The molecule has 0 aliphatic carbocycles. The summed E-state index contributed by atoms with van der Waals surface area (Å²) in [5, 5.41) is 0. The van der Waals surface area contributed by atoms with Crippen molar-refractivity contribution in [3.05, 3.63) is 36.4 Å². The molecule has 2 rings (SSSR count). The second-order valence-corrected chi connectivity index (χ2v) is 4.95. The van der Waals surface area contributed by atoms with Gasteiger partial charge in [0.1, 0.15) is 11.6 Å². The van der Waals surface area contributed by atoms with Crippen molar-refractivity contribution in [2.45, 2.75) is 33.1 Å². The number of rotatable bonds is 9. The molecule has 0 unspecified atom stereocenters. The molecule has 4 N–H and O–H groups in total. The third kappa shape index (κ3) is 4.13. The van der Waals surface area contributed by atoms with Crippen LogP contribution in [0.3, 0.4) is 0 Å². The van der Waals surface area contributed by atoms with Crippen molar-refractivity contribution in [2.24, 2.45) is 11.5 Å². The van der Waals surface area contributed by atoms with Crippen molar-refractivity contribution in [3.8, 4) is 0 Å². The summed E-state index contributed by atoms with van der Waals surface area (Å²) in [7, 11) is 0. The van der Waals surface area contributed by atoms with Gasteiger partial charge in [-0.15, -0.1) is 0 Å². The average Bonchev–Trinajstić information content (AvgIpc) is 3.09. The normalized spacial score (nSPS) is 11.4. The molecule has 0 amide bonds. The van der Waals surface area contributed by atoms with E-state index in [1.54, 1.807) is 0 Å². The fourth-order valence-corrected chi connectivity index (χ4v) is 2.35. The Balaban J connectivity index is 2.02. The molecule has 7 heteroatoms. The van der Waals surface area contributed by atoms with E-state index < -0.39 is 0 Å². The lowest BCUT2D eigenvalue weighted by molar-refractivity contribution is 0.250. The highest BCUT2D eigenvalue weighted by Crippen LogP contribution is 2.08. The second-order valence-electron chi connectivity index (χ2n) is 4.95. The zero-order chi connectivity index (χ0) is 15.1. The van der Waals surface area contributed by atoms with Gasteiger partial charge in [0, 0.05) is 51.0 Å². The molecule has 0 atom stereocenters. The number of nitrogens with zero attached hydrogens (tertiary/aromatic N) is 5. The van der Waals surface area contributed by atoms with Gasteiger partial charge in [-0.05, 0) is 6.54 Å². The van der Waals surface area contributed by atoms with Gasteiger partial charge < -0.3 is 20.6 Å². The number of hydrogen-bond acceptors (Lipinski definition) is 5. The van der Waals surface area contributed by atoms with Crippen LogP contribution >= 0.6 is 0 Å². The Morgan fingerprint density at radius 1 is 0.952 bits per heavy atom. The fourth-order valence-electron chi connectivity index (χ4n) is 2.35. The number of hydrogen-bond donors (Lipinski definition) is 2. The van der Waals surface area contributed by atoms with E-state index in [0.717, 1.165) is 44.4 Å². The maximum Gasteiger partial charge on any atom is 0.122 e. The lowest BCUT2D eigenvalue weighted by atomic mass is 10.4. The highest BCUT2D eigenvalue weighted by Gasteiger charge is 2.12. The first kappa shape index (κ1) is 15.7. The monoisotopic (exact) mass is 291 g/mol. The summed E-state index contributed by atoms with van der Waals surface area (Å²) >= 11 is 0. The molecule has 7 nitrogen and oxygen atoms in total. The standard InChI is InChI=1S/C14H25N7/c1-2-19(11-13-17-5-9-20(13)7-3-15)12-14-18-6-10-21(14)8-4-16/h5-6,9-10H,2-4,7-8,11-12,15-16H2,1H3. The molecule has 2 heterocycles. The number of aromatic nitrogens is 4. The van der Waals surface area contributed by atoms with Crippen LogP contribution in [0.15, 0.2) is 24.8 Å². The minimum Gasteiger partial charge on any atom is -0.333 e. The van der Waals surface area contributed by atoms with Crippen molar-refractivity contribution < 1.29 is 0 Å². The van der Waals surface area contributed by atoms with Gasteiger partial charge in [-0.2, -0.15) is 0 Å². The van der Waals surface area contributed by atoms with Crippen LogP contribution in [0, 0.1) is 0 Å². The summed E-state index contributed by atoms with van der Waals surface area (Å²) in [6.07, 6.45) is 7.61. The van der Waals surface area contributed by atoms with Crippen molar-refractivity contribution >= 4 is 0 Å². The lowest BCUT2D eigenvalue weighted by Gasteiger charge is -2.20. The van der Waals surface area contributed by atoms with Crippen molar-refractivity contribution in [1.82, 2.24) is 24.0 Å². The van der Waals surface area contributed by atoms with Crippen molar-refractivity contribution in [2.75, 3.05) is 19.6 Å². The Morgan fingerprint density at radius 3 is 1.81 bits per heavy atom. The first-order valence-corrected chi connectivity index (χ1v) is 7.41. The van der Waals surface area contributed by atoms with E-state index in [4.69, 9.17) is 11.5 Å². The van der Waals surface area contributed by atoms with Gasteiger partial charge in [0.05, 0.1) is 13.1 Å². The van der Waals surface area contributed by atoms with Crippen LogP contribution in [-0.4, -0.2) is 43.6 Å². The average molecular weight is 291 g/mol. The summed E-state index contributed by atoms with van der Waals surface area (Å²) in [5.74, 6) is 2.08. The maximum atomic E-state index is 5.63. The fraction of sp³-hybridized carbons (Fsp3) is 0.571. The minimum absolute atomic E-state index is 0.621. The van der Waals surface area contributed by atoms with Gasteiger partial charge in [0.25, 0.3) is 0 Å². The molecule has 0 bridgehead atoms. The van der Waals surface area contributed by atoms with Crippen LogP contribution in [0.2, 0.25) is 0 Å². The molecular formula is C14H25N7. The summed E-state index contributed by atoms with van der Waals surface area (Å²) in [5.41, 5.74) is 11.3. The summed E-state index contributed by atoms with van der Waals surface area (Å²) in [6.45, 7) is 7.51. The molecule has 0 fully saturated rings. The molecule has 0 aromatic carbocycles. The van der Waals surface area contributed by atoms with Crippen LogP contribution in [0.25, 0.3) is 0 Å². The van der Waals surface area contributed by atoms with E-state index in [1.165, 1.54) is 0 Å². The highest BCUT2D eigenvalue weighted by atomic mass is 15.2. The molecular weight excluding hydrogens is 266 g/mol. The van der Waals surface area contributed by atoms with Crippen LogP contribution in [0.5, 0.6) is 0 Å². The third-order valence-corrected chi connectivity index (χ3v) is 3.52. The van der Waals surface area contributed by atoms with Crippen molar-refractivity contribution in [3.63, 3.8) is 0 Å². The molecule has 0 radical (unpaired) electrons. The third-order valence-electron chi connectivity index (χ3n) is 3.52. The Labute approximate surface area is 125 Å². The van der Waals surface area contributed by atoms with E-state index in [2.05, 4.69) is 30.9 Å². The molecule has 0 spiro atoms. The van der Waals surface area contributed by atoms with E-state index in [1.807, 2.05) is 24.8 Å². The number of imidazole rings is 2. The molecule has 21 heavy (non-hydrogen) atoms. The highest BCUT2D eigenvalue weighted by molar-refractivity contribution is 4.96. The minimum atomic E-state index is 0.621. The SMILES string of the molecule is CCN(Cc1nccn1CCN)Cc1nccn1CCN. The smallest absolute Gasteiger partial charge is 0.122 e. The van der Waals surface area contributed by atoms with Crippen LogP contribution in [0.1, 0.15) is 18.6 Å². The van der Waals surface area contributed by atoms with E-state index in [9.17, 15) is 0 Å². The first-order valence-electron chi connectivity index (χ1n) is 7.41. The van der Waals surface area contributed by atoms with E-state index in [0.29, 0.717) is 13.1 Å². The summed E-state index contributed by atoms with van der Waals surface area (Å²) in [6, 6.07) is 0. The zero-order valence-electron chi connectivity index (χ0n) is 12.6. The van der Waals surface area contributed by atoms with Gasteiger partial charge in [-0.3, -0.25) is 4.90 Å². The quantitative estimate of drug-likeness (QED) is 0.679. The molecule has 116 valence electrons. The zero-order valence-corrected chi connectivity index (χ0v) is 12.6. The summed E-state index contributed by atoms with van der Waals surface area (Å²) in [4.78, 5) is 11.2.